The zero-order valence-corrected chi connectivity index (χ0v) is 7.23. The van der Waals surface area contributed by atoms with Crippen LogP contribution in [0.2, 0.25) is 0 Å². The highest BCUT2D eigenvalue weighted by atomic mass is 32.2. The molecule has 0 aromatic heterocycles. The van der Waals surface area contributed by atoms with E-state index in [9.17, 15) is 0 Å². The summed E-state index contributed by atoms with van der Waals surface area (Å²) >= 11 is 1.95. The molecule has 60 valence electrons. The molecule has 10 heavy (non-hydrogen) atoms. The van der Waals surface area contributed by atoms with E-state index >= 15 is 0 Å². The van der Waals surface area contributed by atoms with E-state index in [0.29, 0.717) is 12.6 Å². The average Bonchev–Trinajstić information content (AvgIpc) is 2.04. The second-order valence-corrected chi connectivity index (χ2v) is 3.69. The molecule has 0 radical (unpaired) electrons. The molecule has 0 amide bonds. The highest BCUT2D eigenvalue weighted by Gasteiger charge is 2.19. The predicted molar refractivity (Wildman–Crippen MR) is 45.4 cm³/mol. The zero-order chi connectivity index (χ0) is 7.40. The molecule has 0 aromatic carbocycles. The second kappa shape index (κ2) is 4.21. The molecule has 2 nitrogen and oxygen atoms in total. The SMILES string of the molecule is CCN1CCSCC1CO. The van der Waals surface area contributed by atoms with Gasteiger partial charge in [-0.3, -0.25) is 4.90 Å². The molecule has 1 fully saturated rings. The van der Waals surface area contributed by atoms with Gasteiger partial charge in [-0.2, -0.15) is 11.8 Å². The Balaban J connectivity index is 2.34. The van der Waals surface area contributed by atoms with Gasteiger partial charge < -0.3 is 5.11 Å². The summed E-state index contributed by atoms with van der Waals surface area (Å²) in [7, 11) is 0. The van der Waals surface area contributed by atoms with Gasteiger partial charge in [-0.15, -0.1) is 0 Å². The Kier molecular flexibility index (Phi) is 3.52. The van der Waals surface area contributed by atoms with Gasteiger partial charge in [0.25, 0.3) is 0 Å². The van der Waals surface area contributed by atoms with Gasteiger partial charge in [-0.05, 0) is 6.54 Å². The molecule has 1 unspecified atom stereocenters. The minimum atomic E-state index is 0.320. The third-order valence-corrected chi connectivity index (χ3v) is 3.06. The van der Waals surface area contributed by atoms with E-state index in [4.69, 9.17) is 5.11 Å². The van der Waals surface area contributed by atoms with Gasteiger partial charge in [-0.25, -0.2) is 0 Å². The average molecular weight is 161 g/mol. The van der Waals surface area contributed by atoms with E-state index in [1.165, 1.54) is 5.75 Å². The Morgan fingerprint density at radius 3 is 3.00 bits per heavy atom. The zero-order valence-electron chi connectivity index (χ0n) is 6.42. The van der Waals surface area contributed by atoms with Gasteiger partial charge in [0.2, 0.25) is 0 Å². The van der Waals surface area contributed by atoms with Crippen LogP contribution < -0.4 is 0 Å². The maximum atomic E-state index is 8.94. The Hall–Kier alpha value is 0.270. The van der Waals surface area contributed by atoms with E-state index < -0.39 is 0 Å². The lowest BCUT2D eigenvalue weighted by Crippen LogP contribution is -2.44. The van der Waals surface area contributed by atoms with E-state index in [1.54, 1.807) is 0 Å². The number of aliphatic hydroxyl groups excluding tert-OH is 1. The first-order chi connectivity index (χ1) is 4.88. The van der Waals surface area contributed by atoms with Crippen LogP contribution in [0.1, 0.15) is 6.92 Å². The Morgan fingerprint density at radius 2 is 2.50 bits per heavy atom. The molecule has 0 aliphatic carbocycles. The van der Waals surface area contributed by atoms with Crippen molar-refractivity contribution in [2.24, 2.45) is 0 Å². The summed E-state index contributed by atoms with van der Waals surface area (Å²) in [6.45, 7) is 4.69. The minimum Gasteiger partial charge on any atom is -0.395 e. The summed E-state index contributed by atoms with van der Waals surface area (Å²) in [4.78, 5) is 2.34. The maximum Gasteiger partial charge on any atom is 0.0594 e. The Bertz CT molecular complexity index is 87.6. The Morgan fingerprint density at radius 1 is 1.70 bits per heavy atom. The van der Waals surface area contributed by atoms with Gasteiger partial charge in [0.1, 0.15) is 0 Å². The summed E-state index contributed by atoms with van der Waals surface area (Å²) in [5.74, 6) is 2.33. The molecule has 1 heterocycles. The van der Waals surface area contributed by atoms with E-state index in [2.05, 4.69) is 11.8 Å². The topological polar surface area (TPSA) is 23.5 Å². The molecule has 0 bridgehead atoms. The van der Waals surface area contributed by atoms with Crippen molar-refractivity contribution in [1.29, 1.82) is 0 Å². The molecule has 1 N–H and O–H groups in total. The third-order valence-electron chi connectivity index (χ3n) is 1.97. The summed E-state index contributed by atoms with van der Waals surface area (Å²) in [5.41, 5.74) is 0. The van der Waals surface area contributed by atoms with Gasteiger partial charge >= 0.3 is 0 Å². The first-order valence-electron chi connectivity index (χ1n) is 3.81. The normalized spacial score (nSPS) is 28.8. The van der Waals surface area contributed by atoms with Crippen molar-refractivity contribution in [1.82, 2.24) is 4.90 Å². The van der Waals surface area contributed by atoms with E-state index in [-0.39, 0.29) is 0 Å². The molecule has 0 spiro atoms. The summed E-state index contributed by atoms with van der Waals surface area (Å²) in [6.07, 6.45) is 0. The number of nitrogens with zero attached hydrogens (tertiary/aromatic N) is 1. The van der Waals surface area contributed by atoms with Crippen LogP contribution in [0, 0.1) is 0 Å². The highest BCUT2D eigenvalue weighted by molar-refractivity contribution is 7.99. The maximum absolute atomic E-state index is 8.94. The largest absolute Gasteiger partial charge is 0.395 e. The molecule has 1 aliphatic heterocycles. The monoisotopic (exact) mass is 161 g/mol. The number of thioether (sulfide) groups is 1. The second-order valence-electron chi connectivity index (χ2n) is 2.54. The van der Waals surface area contributed by atoms with Crippen molar-refractivity contribution in [2.75, 3.05) is 31.2 Å². The fourth-order valence-corrected chi connectivity index (χ4v) is 2.39. The minimum absolute atomic E-state index is 0.320. The lowest BCUT2D eigenvalue weighted by atomic mass is 10.3. The number of hydrogen-bond donors (Lipinski definition) is 1. The van der Waals surface area contributed by atoms with Crippen LogP contribution in [-0.4, -0.2) is 47.3 Å². The van der Waals surface area contributed by atoms with Crippen molar-refractivity contribution < 1.29 is 5.11 Å². The van der Waals surface area contributed by atoms with Gasteiger partial charge in [0.15, 0.2) is 0 Å². The molecular formula is C7H15NOS. The van der Waals surface area contributed by atoms with Crippen molar-refractivity contribution >= 4 is 11.8 Å². The number of rotatable bonds is 2. The first kappa shape index (κ1) is 8.37. The summed E-state index contributed by atoms with van der Waals surface area (Å²) in [6, 6.07) is 0.420. The molecule has 0 saturated carbocycles. The molecule has 1 saturated heterocycles. The quantitative estimate of drug-likeness (QED) is 0.635. The molecule has 1 atom stereocenters. The van der Waals surface area contributed by atoms with Crippen LogP contribution in [0.4, 0.5) is 0 Å². The van der Waals surface area contributed by atoms with Crippen LogP contribution in [-0.2, 0) is 0 Å². The third kappa shape index (κ3) is 1.87. The van der Waals surface area contributed by atoms with Crippen molar-refractivity contribution in [2.45, 2.75) is 13.0 Å². The first-order valence-corrected chi connectivity index (χ1v) is 4.96. The van der Waals surface area contributed by atoms with Crippen molar-refractivity contribution in [3.05, 3.63) is 0 Å². The standard InChI is InChI=1S/C7H15NOS/c1-2-8-3-4-10-6-7(8)5-9/h7,9H,2-6H2,1H3. The Labute approximate surface area is 66.6 Å². The fourth-order valence-electron chi connectivity index (χ4n) is 1.27. The van der Waals surface area contributed by atoms with Gasteiger partial charge in [-0.1, -0.05) is 6.92 Å². The molecule has 0 aromatic rings. The van der Waals surface area contributed by atoms with Crippen LogP contribution in [0.15, 0.2) is 0 Å². The molecule has 1 rings (SSSR count). The molecular weight excluding hydrogens is 146 g/mol. The fraction of sp³-hybridized carbons (Fsp3) is 1.00. The van der Waals surface area contributed by atoms with E-state index in [1.807, 2.05) is 11.8 Å². The number of aliphatic hydroxyl groups is 1. The summed E-state index contributed by atoms with van der Waals surface area (Å²) in [5, 5.41) is 8.94. The number of likely N-dealkylation sites (N-methyl/N-ethyl adjacent to an activating group) is 1. The van der Waals surface area contributed by atoms with Crippen LogP contribution in [0.25, 0.3) is 0 Å². The number of hydrogen-bond acceptors (Lipinski definition) is 3. The van der Waals surface area contributed by atoms with Crippen molar-refractivity contribution in [3.8, 4) is 0 Å². The highest BCUT2D eigenvalue weighted by Crippen LogP contribution is 2.14. The van der Waals surface area contributed by atoms with Gasteiger partial charge in [0, 0.05) is 24.1 Å². The predicted octanol–water partition coefficient (Wildman–Crippen LogP) is 0.416. The van der Waals surface area contributed by atoms with Crippen LogP contribution in [0.3, 0.4) is 0 Å². The lowest BCUT2D eigenvalue weighted by Gasteiger charge is -2.32. The van der Waals surface area contributed by atoms with E-state index in [0.717, 1.165) is 18.8 Å². The molecule has 3 heteroatoms. The molecule has 1 aliphatic rings. The van der Waals surface area contributed by atoms with Crippen LogP contribution >= 0.6 is 11.8 Å². The van der Waals surface area contributed by atoms with Gasteiger partial charge in [0.05, 0.1) is 6.61 Å². The summed E-state index contributed by atoms with van der Waals surface area (Å²) < 4.78 is 0. The van der Waals surface area contributed by atoms with Crippen molar-refractivity contribution in [3.63, 3.8) is 0 Å². The smallest absolute Gasteiger partial charge is 0.0594 e. The van der Waals surface area contributed by atoms with Crippen LogP contribution in [0.5, 0.6) is 0 Å². The lowest BCUT2D eigenvalue weighted by molar-refractivity contribution is 0.145.